The van der Waals surface area contributed by atoms with Crippen molar-refractivity contribution in [1.29, 1.82) is 0 Å². The number of nitrogens with one attached hydrogen (secondary N) is 1. The molecule has 2 aliphatic rings. The second-order valence-corrected chi connectivity index (χ2v) is 6.63. The van der Waals surface area contributed by atoms with Crippen molar-refractivity contribution in [3.63, 3.8) is 0 Å². The molecule has 2 aliphatic heterocycles. The molecule has 0 radical (unpaired) electrons. The highest BCUT2D eigenvalue weighted by atomic mass is 16.5. The second-order valence-electron chi connectivity index (χ2n) is 6.63. The fourth-order valence-corrected chi connectivity index (χ4v) is 3.47. The molecule has 4 rings (SSSR count). The molecule has 25 heavy (non-hydrogen) atoms. The average Bonchev–Trinajstić information content (AvgIpc) is 3.11. The number of anilines is 2. The summed E-state index contributed by atoms with van der Waals surface area (Å²) in [6.07, 6.45) is 1.89. The van der Waals surface area contributed by atoms with Crippen LogP contribution < -0.4 is 10.2 Å². The van der Waals surface area contributed by atoms with Crippen molar-refractivity contribution in [3.8, 4) is 0 Å². The Morgan fingerprint density at radius 3 is 2.84 bits per heavy atom. The smallest absolute Gasteiger partial charge is 0.338 e. The highest BCUT2D eigenvalue weighted by molar-refractivity contribution is 6.05. The van der Waals surface area contributed by atoms with E-state index in [4.69, 9.17) is 4.74 Å². The number of aryl methyl sites for hydroxylation is 1. The van der Waals surface area contributed by atoms with Crippen molar-refractivity contribution in [2.75, 3.05) is 16.8 Å². The van der Waals surface area contributed by atoms with Crippen LogP contribution in [0.15, 0.2) is 42.5 Å². The van der Waals surface area contributed by atoms with Crippen LogP contribution in [0.25, 0.3) is 0 Å². The number of hydrogen-bond acceptors (Lipinski definition) is 4. The molecule has 1 N–H and O–H groups in total. The summed E-state index contributed by atoms with van der Waals surface area (Å²) in [5.41, 5.74) is 4.24. The van der Waals surface area contributed by atoms with E-state index in [9.17, 15) is 9.59 Å². The Hall–Kier alpha value is -2.82. The van der Waals surface area contributed by atoms with Gasteiger partial charge in [-0.25, -0.2) is 4.79 Å². The van der Waals surface area contributed by atoms with Crippen molar-refractivity contribution < 1.29 is 14.3 Å². The topological polar surface area (TPSA) is 58.6 Å². The van der Waals surface area contributed by atoms with Gasteiger partial charge in [-0.2, -0.15) is 0 Å². The lowest BCUT2D eigenvalue weighted by atomic mass is 10.1. The molecule has 128 valence electrons. The first-order valence-corrected chi connectivity index (χ1v) is 8.56. The molecule has 2 aromatic rings. The number of carbonyl (C=O) groups is 2. The van der Waals surface area contributed by atoms with Crippen molar-refractivity contribution in [1.82, 2.24) is 0 Å². The van der Waals surface area contributed by atoms with Crippen LogP contribution in [-0.2, 0) is 16.1 Å². The summed E-state index contributed by atoms with van der Waals surface area (Å²) in [5, 5.41) is 2.92. The normalized spacial score (nSPS) is 18.4. The van der Waals surface area contributed by atoms with Gasteiger partial charge in [-0.3, -0.25) is 4.79 Å². The van der Waals surface area contributed by atoms with Gasteiger partial charge in [0.15, 0.2) is 0 Å². The van der Waals surface area contributed by atoms with E-state index >= 15 is 0 Å². The molecule has 0 unspecified atom stereocenters. The number of nitrogens with zero attached hydrogens (tertiary/aromatic N) is 1. The van der Waals surface area contributed by atoms with Gasteiger partial charge in [-0.15, -0.1) is 0 Å². The molecule has 0 aromatic heterocycles. The fraction of sp³-hybridized carbons (Fsp3) is 0.300. The number of ether oxygens (including phenoxy) is 1. The summed E-state index contributed by atoms with van der Waals surface area (Å²) < 4.78 is 5.39. The van der Waals surface area contributed by atoms with E-state index in [1.165, 1.54) is 5.56 Å². The first-order valence-electron chi connectivity index (χ1n) is 8.56. The van der Waals surface area contributed by atoms with Gasteiger partial charge in [0.05, 0.1) is 16.9 Å². The Balaban J connectivity index is 1.49. The predicted molar refractivity (Wildman–Crippen MR) is 95.7 cm³/mol. The van der Waals surface area contributed by atoms with Crippen LogP contribution in [-0.4, -0.2) is 24.5 Å². The number of esters is 1. The Labute approximate surface area is 146 Å². The molecule has 1 saturated heterocycles. The first kappa shape index (κ1) is 15.7. The summed E-state index contributed by atoms with van der Waals surface area (Å²) in [6, 6.07) is 13.2. The number of fused-ring (bicyclic) bond motifs is 3. The minimum Gasteiger partial charge on any atom is -0.457 e. The molecular formula is C20H20N2O3. The Morgan fingerprint density at radius 1 is 1.24 bits per heavy atom. The zero-order chi connectivity index (χ0) is 17.4. The summed E-state index contributed by atoms with van der Waals surface area (Å²) in [5.74, 6) is -0.378. The SMILES string of the molecule is Cc1ccc(COC(=O)c2ccc3c(c2)NC(=O)[C@H]2CCCN32)cc1. The van der Waals surface area contributed by atoms with Crippen molar-refractivity contribution in [3.05, 3.63) is 59.2 Å². The standard InChI is InChI=1S/C20H20N2O3/c1-13-4-6-14(7-5-13)12-25-20(24)15-8-9-17-16(11-15)21-19(23)18-3-2-10-22(17)18/h4-9,11,18H,2-3,10,12H2,1H3,(H,21,23)/t18-/m1/s1. The summed E-state index contributed by atoms with van der Waals surface area (Å²) in [7, 11) is 0. The zero-order valence-corrected chi connectivity index (χ0v) is 14.1. The average molecular weight is 336 g/mol. The minimum absolute atomic E-state index is 0.00942. The van der Waals surface area contributed by atoms with E-state index in [0.29, 0.717) is 11.3 Å². The van der Waals surface area contributed by atoms with Gasteiger partial charge >= 0.3 is 5.97 Å². The number of hydrogen-bond donors (Lipinski definition) is 1. The van der Waals surface area contributed by atoms with Crippen molar-refractivity contribution in [2.24, 2.45) is 0 Å². The lowest BCUT2D eigenvalue weighted by molar-refractivity contribution is -0.117. The van der Waals surface area contributed by atoms with Crippen molar-refractivity contribution >= 4 is 23.3 Å². The molecule has 1 amide bonds. The first-order chi connectivity index (χ1) is 12.1. The van der Waals surface area contributed by atoms with E-state index in [2.05, 4.69) is 10.2 Å². The van der Waals surface area contributed by atoms with Crippen LogP contribution in [0.1, 0.15) is 34.3 Å². The molecule has 5 heteroatoms. The van der Waals surface area contributed by atoms with Crippen LogP contribution in [0.5, 0.6) is 0 Å². The molecule has 0 aliphatic carbocycles. The maximum Gasteiger partial charge on any atom is 0.338 e. The van der Waals surface area contributed by atoms with Gasteiger partial charge in [0.1, 0.15) is 12.6 Å². The third kappa shape index (κ3) is 2.97. The third-order valence-corrected chi connectivity index (χ3v) is 4.85. The van der Waals surface area contributed by atoms with E-state index in [0.717, 1.165) is 30.6 Å². The Bertz CT molecular complexity index is 829. The van der Waals surface area contributed by atoms with Gasteiger partial charge in [0.2, 0.25) is 5.91 Å². The van der Waals surface area contributed by atoms with E-state index < -0.39 is 0 Å². The molecular weight excluding hydrogens is 316 g/mol. The molecule has 1 fully saturated rings. The van der Waals surface area contributed by atoms with Crippen LogP contribution in [0.2, 0.25) is 0 Å². The monoisotopic (exact) mass is 336 g/mol. The Morgan fingerprint density at radius 2 is 2.04 bits per heavy atom. The van der Waals surface area contributed by atoms with Gasteiger partial charge < -0.3 is 15.0 Å². The van der Waals surface area contributed by atoms with Gasteiger partial charge in [0, 0.05) is 6.54 Å². The lowest BCUT2D eigenvalue weighted by Crippen LogP contribution is -2.43. The number of benzene rings is 2. The number of carbonyl (C=O) groups excluding carboxylic acids is 2. The molecule has 2 aromatic carbocycles. The van der Waals surface area contributed by atoms with Crippen LogP contribution in [0.3, 0.4) is 0 Å². The van der Waals surface area contributed by atoms with E-state index in [1.54, 1.807) is 12.1 Å². The van der Waals surface area contributed by atoms with E-state index in [-0.39, 0.29) is 24.5 Å². The second kappa shape index (κ2) is 6.24. The lowest BCUT2D eigenvalue weighted by Gasteiger charge is -2.33. The molecule has 5 nitrogen and oxygen atoms in total. The van der Waals surface area contributed by atoms with Crippen LogP contribution in [0, 0.1) is 6.92 Å². The molecule has 0 saturated carbocycles. The summed E-state index contributed by atoms with van der Waals surface area (Å²) in [4.78, 5) is 26.6. The number of rotatable bonds is 3. The largest absolute Gasteiger partial charge is 0.457 e. The third-order valence-electron chi connectivity index (χ3n) is 4.85. The predicted octanol–water partition coefficient (Wildman–Crippen LogP) is 3.27. The van der Waals surface area contributed by atoms with Gasteiger partial charge in [-0.1, -0.05) is 29.8 Å². The quantitative estimate of drug-likeness (QED) is 0.874. The number of amides is 1. The summed E-state index contributed by atoms with van der Waals surface area (Å²) >= 11 is 0. The minimum atomic E-state index is -0.388. The van der Waals surface area contributed by atoms with Crippen LogP contribution >= 0.6 is 0 Å². The molecule has 0 spiro atoms. The molecule has 2 heterocycles. The van der Waals surface area contributed by atoms with E-state index in [1.807, 2.05) is 37.3 Å². The van der Waals surface area contributed by atoms with Crippen molar-refractivity contribution in [2.45, 2.75) is 32.4 Å². The van der Waals surface area contributed by atoms with Gasteiger partial charge in [-0.05, 0) is 43.5 Å². The fourth-order valence-electron chi connectivity index (χ4n) is 3.47. The zero-order valence-electron chi connectivity index (χ0n) is 14.1. The highest BCUT2D eigenvalue weighted by Gasteiger charge is 2.36. The maximum absolute atomic E-state index is 12.3. The maximum atomic E-state index is 12.3. The Kier molecular flexibility index (Phi) is 3.92. The van der Waals surface area contributed by atoms with Crippen LogP contribution in [0.4, 0.5) is 11.4 Å². The van der Waals surface area contributed by atoms with Gasteiger partial charge in [0.25, 0.3) is 0 Å². The summed E-state index contributed by atoms with van der Waals surface area (Å²) in [6.45, 7) is 3.13. The molecule has 1 atom stereocenters. The highest BCUT2D eigenvalue weighted by Crippen LogP contribution is 2.37. The molecule has 0 bridgehead atoms.